The Morgan fingerprint density at radius 1 is 1.39 bits per heavy atom. The fourth-order valence-corrected chi connectivity index (χ4v) is 2.69. The standard InChI is InChI=1S/C17H25N3O3/c1-12(10-18-2)16(21)19-15-8-9-20(17(15)22)11-13-4-6-14(23-3)7-5-13/h4-7,12,15,18H,8-11H2,1-3H3,(H,19,21). The highest BCUT2D eigenvalue weighted by atomic mass is 16.5. The molecule has 0 radical (unpaired) electrons. The number of hydrogen-bond acceptors (Lipinski definition) is 4. The van der Waals surface area contributed by atoms with Crippen molar-refractivity contribution in [2.45, 2.75) is 25.9 Å². The Bertz CT molecular complexity index is 545. The van der Waals surface area contributed by atoms with Crippen LogP contribution in [-0.4, -0.2) is 50.0 Å². The molecule has 0 spiro atoms. The SMILES string of the molecule is CNCC(C)C(=O)NC1CCN(Cc2ccc(OC)cc2)C1=O. The highest BCUT2D eigenvalue weighted by Gasteiger charge is 2.33. The van der Waals surface area contributed by atoms with Gasteiger partial charge in [0, 0.05) is 25.6 Å². The third kappa shape index (κ3) is 4.45. The topological polar surface area (TPSA) is 70.7 Å². The molecular weight excluding hydrogens is 294 g/mol. The number of carbonyl (C=O) groups is 2. The van der Waals surface area contributed by atoms with Crippen LogP contribution in [-0.2, 0) is 16.1 Å². The minimum atomic E-state index is -0.403. The molecule has 0 bridgehead atoms. The van der Waals surface area contributed by atoms with E-state index in [9.17, 15) is 9.59 Å². The van der Waals surface area contributed by atoms with Gasteiger partial charge in [0.1, 0.15) is 11.8 Å². The van der Waals surface area contributed by atoms with Crippen LogP contribution in [0.15, 0.2) is 24.3 Å². The third-order valence-electron chi connectivity index (χ3n) is 4.10. The van der Waals surface area contributed by atoms with Crippen molar-refractivity contribution < 1.29 is 14.3 Å². The molecule has 126 valence electrons. The largest absolute Gasteiger partial charge is 0.497 e. The lowest BCUT2D eigenvalue weighted by Crippen LogP contribution is -2.44. The molecule has 1 heterocycles. The molecule has 2 rings (SSSR count). The fraction of sp³-hybridized carbons (Fsp3) is 0.529. The van der Waals surface area contributed by atoms with Crippen molar-refractivity contribution >= 4 is 11.8 Å². The van der Waals surface area contributed by atoms with Gasteiger partial charge in [-0.3, -0.25) is 9.59 Å². The number of likely N-dealkylation sites (tertiary alicyclic amines) is 1. The van der Waals surface area contributed by atoms with E-state index < -0.39 is 6.04 Å². The smallest absolute Gasteiger partial charge is 0.245 e. The van der Waals surface area contributed by atoms with E-state index in [0.717, 1.165) is 11.3 Å². The van der Waals surface area contributed by atoms with Gasteiger partial charge >= 0.3 is 0 Å². The molecule has 1 aromatic rings. The minimum Gasteiger partial charge on any atom is -0.497 e. The lowest BCUT2D eigenvalue weighted by Gasteiger charge is -2.18. The number of nitrogens with one attached hydrogen (secondary N) is 2. The molecule has 2 N–H and O–H groups in total. The molecule has 0 aliphatic carbocycles. The van der Waals surface area contributed by atoms with Gasteiger partial charge in [0.2, 0.25) is 11.8 Å². The van der Waals surface area contributed by atoms with E-state index in [1.807, 2.05) is 31.2 Å². The maximum absolute atomic E-state index is 12.4. The van der Waals surface area contributed by atoms with E-state index in [1.165, 1.54) is 0 Å². The predicted molar refractivity (Wildman–Crippen MR) is 88.0 cm³/mol. The summed E-state index contributed by atoms with van der Waals surface area (Å²) in [6.45, 7) is 3.67. The van der Waals surface area contributed by atoms with Gasteiger partial charge < -0.3 is 20.3 Å². The van der Waals surface area contributed by atoms with Crippen LogP contribution in [0.5, 0.6) is 5.75 Å². The van der Waals surface area contributed by atoms with Crippen molar-refractivity contribution in [3.8, 4) is 5.75 Å². The average Bonchev–Trinajstić information content (AvgIpc) is 2.89. The fourth-order valence-electron chi connectivity index (χ4n) is 2.69. The highest BCUT2D eigenvalue weighted by Crippen LogP contribution is 2.18. The zero-order valence-corrected chi connectivity index (χ0v) is 14.0. The zero-order valence-electron chi connectivity index (χ0n) is 14.0. The van der Waals surface area contributed by atoms with Gasteiger partial charge in [-0.05, 0) is 31.2 Å². The molecule has 6 nitrogen and oxygen atoms in total. The second kappa shape index (κ2) is 7.97. The molecule has 1 saturated heterocycles. The van der Waals surface area contributed by atoms with Gasteiger partial charge in [0.15, 0.2) is 0 Å². The van der Waals surface area contributed by atoms with Crippen LogP contribution in [0.2, 0.25) is 0 Å². The Hall–Kier alpha value is -2.08. The second-order valence-corrected chi connectivity index (χ2v) is 5.92. The van der Waals surface area contributed by atoms with Gasteiger partial charge in [-0.1, -0.05) is 19.1 Å². The predicted octanol–water partition coefficient (Wildman–Crippen LogP) is 0.768. The van der Waals surface area contributed by atoms with Crippen molar-refractivity contribution in [1.29, 1.82) is 0 Å². The van der Waals surface area contributed by atoms with E-state index in [4.69, 9.17) is 4.74 Å². The lowest BCUT2D eigenvalue weighted by molar-refractivity contribution is -0.134. The zero-order chi connectivity index (χ0) is 16.8. The molecule has 23 heavy (non-hydrogen) atoms. The van der Waals surface area contributed by atoms with Crippen molar-refractivity contribution in [2.24, 2.45) is 5.92 Å². The summed E-state index contributed by atoms with van der Waals surface area (Å²) in [7, 11) is 3.43. The van der Waals surface area contributed by atoms with Crippen molar-refractivity contribution in [3.63, 3.8) is 0 Å². The number of carbonyl (C=O) groups excluding carboxylic acids is 2. The van der Waals surface area contributed by atoms with Crippen LogP contribution in [0.3, 0.4) is 0 Å². The number of nitrogens with zero attached hydrogens (tertiary/aromatic N) is 1. The summed E-state index contributed by atoms with van der Waals surface area (Å²) >= 11 is 0. The number of benzene rings is 1. The normalized spacial score (nSPS) is 18.8. The molecule has 2 atom stereocenters. The van der Waals surface area contributed by atoms with Crippen LogP contribution in [0.25, 0.3) is 0 Å². The Balaban J connectivity index is 1.89. The van der Waals surface area contributed by atoms with Crippen LogP contribution < -0.4 is 15.4 Å². The molecule has 2 amide bonds. The quantitative estimate of drug-likeness (QED) is 0.779. The Kier molecular flexibility index (Phi) is 5.98. The summed E-state index contributed by atoms with van der Waals surface area (Å²) in [6.07, 6.45) is 0.660. The monoisotopic (exact) mass is 319 g/mol. The number of methoxy groups -OCH3 is 1. The number of ether oxygens (including phenoxy) is 1. The van der Waals surface area contributed by atoms with Crippen LogP contribution in [0.4, 0.5) is 0 Å². The van der Waals surface area contributed by atoms with Crippen LogP contribution in [0.1, 0.15) is 18.9 Å². The van der Waals surface area contributed by atoms with E-state index >= 15 is 0 Å². The highest BCUT2D eigenvalue weighted by molar-refractivity contribution is 5.89. The molecule has 1 aromatic carbocycles. The number of rotatable bonds is 7. The Morgan fingerprint density at radius 3 is 2.70 bits per heavy atom. The van der Waals surface area contributed by atoms with E-state index in [-0.39, 0.29) is 17.7 Å². The summed E-state index contributed by atoms with van der Waals surface area (Å²) in [5.74, 6) is 0.559. The molecule has 6 heteroatoms. The first kappa shape index (κ1) is 17.3. The van der Waals surface area contributed by atoms with Crippen LogP contribution >= 0.6 is 0 Å². The van der Waals surface area contributed by atoms with Crippen molar-refractivity contribution in [3.05, 3.63) is 29.8 Å². The average molecular weight is 319 g/mol. The summed E-state index contributed by atoms with van der Waals surface area (Å²) < 4.78 is 5.13. The molecule has 1 aliphatic heterocycles. The van der Waals surface area contributed by atoms with Gasteiger partial charge in [0.05, 0.1) is 7.11 Å². The molecule has 2 unspecified atom stereocenters. The van der Waals surface area contributed by atoms with Crippen molar-refractivity contribution in [2.75, 3.05) is 27.2 Å². The molecule has 1 fully saturated rings. The second-order valence-electron chi connectivity index (χ2n) is 5.92. The third-order valence-corrected chi connectivity index (χ3v) is 4.10. The first-order valence-corrected chi connectivity index (χ1v) is 7.92. The van der Waals surface area contributed by atoms with Gasteiger partial charge in [-0.15, -0.1) is 0 Å². The number of hydrogen-bond donors (Lipinski definition) is 2. The summed E-state index contributed by atoms with van der Waals surface area (Å²) in [4.78, 5) is 26.2. The summed E-state index contributed by atoms with van der Waals surface area (Å²) in [5, 5.41) is 5.83. The summed E-state index contributed by atoms with van der Waals surface area (Å²) in [5.41, 5.74) is 1.05. The van der Waals surface area contributed by atoms with Crippen molar-refractivity contribution in [1.82, 2.24) is 15.5 Å². The molecular formula is C17H25N3O3. The molecule has 0 aromatic heterocycles. The molecule has 0 saturated carbocycles. The lowest BCUT2D eigenvalue weighted by atomic mass is 10.1. The Labute approximate surface area is 137 Å². The maximum Gasteiger partial charge on any atom is 0.245 e. The first-order chi connectivity index (χ1) is 11.0. The van der Waals surface area contributed by atoms with Gasteiger partial charge in [-0.2, -0.15) is 0 Å². The van der Waals surface area contributed by atoms with Gasteiger partial charge in [-0.25, -0.2) is 0 Å². The van der Waals surface area contributed by atoms with Gasteiger partial charge in [0.25, 0.3) is 0 Å². The van der Waals surface area contributed by atoms with Crippen LogP contribution in [0, 0.1) is 5.92 Å². The van der Waals surface area contributed by atoms with E-state index in [0.29, 0.717) is 26.1 Å². The minimum absolute atomic E-state index is 0.00849. The van der Waals surface area contributed by atoms with E-state index in [2.05, 4.69) is 10.6 Å². The maximum atomic E-state index is 12.4. The Morgan fingerprint density at radius 2 is 2.09 bits per heavy atom. The van der Waals surface area contributed by atoms with E-state index in [1.54, 1.807) is 19.1 Å². The summed E-state index contributed by atoms with van der Waals surface area (Å²) in [6, 6.07) is 7.27. The first-order valence-electron chi connectivity index (χ1n) is 7.92. The molecule has 1 aliphatic rings. The number of amides is 2.